The maximum Gasteiger partial charge on any atom is 0.226 e. The second-order valence-corrected chi connectivity index (χ2v) is 6.34. The third-order valence-corrected chi connectivity index (χ3v) is 4.43. The van der Waals surface area contributed by atoms with Crippen LogP contribution in [0, 0.1) is 11.3 Å². The quantitative estimate of drug-likeness (QED) is 0.812. The molecule has 3 nitrogen and oxygen atoms in total. The lowest BCUT2D eigenvalue weighted by atomic mass is 9.79. The van der Waals surface area contributed by atoms with Gasteiger partial charge in [-0.05, 0) is 58.5 Å². The molecule has 1 aliphatic heterocycles. The number of amides is 1. The Morgan fingerprint density at radius 2 is 1.94 bits per heavy atom. The van der Waals surface area contributed by atoms with Crippen LogP contribution >= 0.6 is 0 Å². The molecule has 2 rings (SSSR count). The van der Waals surface area contributed by atoms with Crippen LogP contribution in [-0.2, 0) is 4.79 Å². The van der Waals surface area contributed by atoms with Crippen molar-refractivity contribution in [2.24, 2.45) is 11.3 Å². The normalized spacial score (nSPS) is 24.9. The first-order chi connectivity index (χ1) is 8.01. The van der Waals surface area contributed by atoms with Gasteiger partial charge < -0.3 is 10.2 Å². The number of hydrogen-bond acceptors (Lipinski definition) is 2. The highest BCUT2D eigenvalue weighted by atomic mass is 16.2. The smallest absolute Gasteiger partial charge is 0.226 e. The van der Waals surface area contributed by atoms with Crippen molar-refractivity contribution in [2.45, 2.75) is 52.5 Å². The number of rotatable bonds is 4. The van der Waals surface area contributed by atoms with E-state index in [1.165, 1.54) is 12.8 Å². The van der Waals surface area contributed by atoms with E-state index in [2.05, 4.69) is 31.0 Å². The van der Waals surface area contributed by atoms with Crippen LogP contribution in [0.1, 0.15) is 46.5 Å². The van der Waals surface area contributed by atoms with Gasteiger partial charge in [-0.25, -0.2) is 0 Å². The van der Waals surface area contributed by atoms with Crippen LogP contribution in [0.25, 0.3) is 0 Å². The maximum atomic E-state index is 12.2. The molecule has 1 heterocycles. The predicted octanol–water partition coefficient (Wildman–Crippen LogP) is 2.02. The first kappa shape index (κ1) is 12.9. The predicted molar refractivity (Wildman–Crippen MR) is 69.8 cm³/mol. The fraction of sp³-hybridized carbons (Fsp3) is 0.929. The highest BCUT2D eigenvalue weighted by molar-refractivity contribution is 5.82. The number of hydrogen-bond donors (Lipinski definition) is 1. The fourth-order valence-corrected chi connectivity index (χ4v) is 2.53. The van der Waals surface area contributed by atoms with Crippen molar-refractivity contribution in [1.82, 2.24) is 10.2 Å². The SMILES string of the molecule is CC(C)N1CCC(C)(C(=O)NCC2CC2)CC1. The molecule has 98 valence electrons. The summed E-state index contributed by atoms with van der Waals surface area (Å²) < 4.78 is 0. The lowest BCUT2D eigenvalue weighted by molar-refractivity contribution is -0.133. The summed E-state index contributed by atoms with van der Waals surface area (Å²) in [6.07, 6.45) is 4.61. The summed E-state index contributed by atoms with van der Waals surface area (Å²) >= 11 is 0. The van der Waals surface area contributed by atoms with E-state index in [1.807, 2.05) is 0 Å². The average molecular weight is 238 g/mol. The van der Waals surface area contributed by atoms with Crippen LogP contribution in [-0.4, -0.2) is 36.5 Å². The number of piperidine rings is 1. The van der Waals surface area contributed by atoms with Crippen molar-refractivity contribution in [3.05, 3.63) is 0 Å². The molecule has 0 unspecified atom stereocenters. The Morgan fingerprint density at radius 1 is 1.35 bits per heavy atom. The van der Waals surface area contributed by atoms with E-state index in [1.54, 1.807) is 0 Å². The Labute approximate surface area is 105 Å². The molecular formula is C14H26N2O. The van der Waals surface area contributed by atoms with Gasteiger partial charge in [-0.2, -0.15) is 0 Å². The van der Waals surface area contributed by atoms with Gasteiger partial charge in [-0.1, -0.05) is 6.92 Å². The Morgan fingerprint density at radius 3 is 2.41 bits per heavy atom. The molecule has 0 atom stereocenters. The molecule has 2 fully saturated rings. The van der Waals surface area contributed by atoms with Gasteiger partial charge in [-0.3, -0.25) is 4.79 Å². The van der Waals surface area contributed by atoms with Crippen LogP contribution in [0.4, 0.5) is 0 Å². The molecule has 17 heavy (non-hydrogen) atoms. The van der Waals surface area contributed by atoms with Crippen LogP contribution < -0.4 is 5.32 Å². The standard InChI is InChI=1S/C14H26N2O/c1-11(2)16-8-6-14(3,7-9-16)13(17)15-10-12-4-5-12/h11-12H,4-10H2,1-3H3,(H,15,17). The molecule has 0 spiro atoms. The van der Waals surface area contributed by atoms with Crippen LogP contribution in [0.5, 0.6) is 0 Å². The van der Waals surface area contributed by atoms with Crippen molar-refractivity contribution in [3.8, 4) is 0 Å². The van der Waals surface area contributed by atoms with E-state index in [0.29, 0.717) is 6.04 Å². The van der Waals surface area contributed by atoms with Gasteiger partial charge in [0.15, 0.2) is 0 Å². The van der Waals surface area contributed by atoms with Gasteiger partial charge in [0.05, 0.1) is 0 Å². The zero-order valence-electron chi connectivity index (χ0n) is 11.5. The Bertz CT molecular complexity index is 276. The summed E-state index contributed by atoms with van der Waals surface area (Å²) in [7, 11) is 0. The molecule has 1 saturated carbocycles. The van der Waals surface area contributed by atoms with Crippen LogP contribution in [0.2, 0.25) is 0 Å². The number of carbonyl (C=O) groups is 1. The first-order valence-corrected chi connectivity index (χ1v) is 7.03. The molecule has 2 aliphatic rings. The third kappa shape index (κ3) is 3.21. The lowest BCUT2D eigenvalue weighted by Crippen LogP contribution is -2.49. The van der Waals surface area contributed by atoms with Gasteiger partial charge in [0, 0.05) is 18.0 Å². The molecule has 1 aliphatic carbocycles. The van der Waals surface area contributed by atoms with Gasteiger partial charge >= 0.3 is 0 Å². The van der Waals surface area contributed by atoms with Crippen molar-refractivity contribution in [3.63, 3.8) is 0 Å². The molecular weight excluding hydrogens is 212 g/mol. The van der Waals surface area contributed by atoms with Crippen molar-refractivity contribution < 1.29 is 4.79 Å². The minimum Gasteiger partial charge on any atom is -0.355 e. The minimum absolute atomic E-state index is 0.125. The highest BCUT2D eigenvalue weighted by Crippen LogP contribution is 2.33. The summed E-state index contributed by atoms with van der Waals surface area (Å²) in [5.41, 5.74) is -0.125. The highest BCUT2D eigenvalue weighted by Gasteiger charge is 2.37. The van der Waals surface area contributed by atoms with Crippen molar-refractivity contribution >= 4 is 5.91 Å². The van der Waals surface area contributed by atoms with E-state index in [9.17, 15) is 4.79 Å². The number of carbonyl (C=O) groups excluding carboxylic acids is 1. The summed E-state index contributed by atoms with van der Waals surface area (Å²) in [5.74, 6) is 1.06. The Kier molecular flexibility index (Phi) is 3.76. The minimum atomic E-state index is -0.125. The second kappa shape index (κ2) is 4.97. The zero-order valence-corrected chi connectivity index (χ0v) is 11.5. The monoisotopic (exact) mass is 238 g/mol. The fourth-order valence-electron chi connectivity index (χ4n) is 2.53. The number of likely N-dealkylation sites (tertiary alicyclic amines) is 1. The average Bonchev–Trinajstić information content (AvgIpc) is 3.10. The second-order valence-electron chi connectivity index (χ2n) is 6.34. The van der Waals surface area contributed by atoms with Crippen LogP contribution in [0.3, 0.4) is 0 Å². The van der Waals surface area contributed by atoms with E-state index in [-0.39, 0.29) is 11.3 Å². The summed E-state index contributed by atoms with van der Waals surface area (Å²) in [4.78, 5) is 14.7. The summed E-state index contributed by atoms with van der Waals surface area (Å²) in [6, 6.07) is 0.606. The zero-order chi connectivity index (χ0) is 12.5. The van der Waals surface area contributed by atoms with Gasteiger partial charge in [0.1, 0.15) is 0 Å². The largest absolute Gasteiger partial charge is 0.355 e. The molecule has 0 aromatic heterocycles. The van der Waals surface area contributed by atoms with E-state index in [4.69, 9.17) is 0 Å². The molecule has 0 aromatic rings. The molecule has 3 heteroatoms. The number of nitrogens with zero attached hydrogens (tertiary/aromatic N) is 1. The Hall–Kier alpha value is -0.570. The molecule has 1 N–H and O–H groups in total. The Balaban J connectivity index is 1.80. The van der Waals surface area contributed by atoms with Crippen LogP contribution in [0.15, 0.2) is 0 Å². The van der Waals surface area contributed by atoms with Crippen molar-refractivity contribution in [1.29, 1.82) is 0 Å². The maximum absolute atomic E-state index is 12.2. The third-order valence-electron chi connectivity index (χ3n) is 4.43. The molecule has 0 radical (unpaired) electrons. The van der Waals surface area contributed by atoms with E-state index in [0.717, 1.165) is 38.4 Å². The first-order valence-electron chi connectivity index (χ1n) is 7.03. The summed E-state index contributed by atoms with van der Waals surface area (Å²) in [6.45, 7) is 9.62. The van der Waals surface area contributed by atoms with Gasteiger partial charge in [-0.15, -0.1) is 0 Å². The number of nitrogens with one attached hydrogen (secondary N) is 1. The van der Waals surface area contributed by atoms with E-state index >= 15 is 0 Å². The van der Waals surface area contributed by atoms with Crippen molar-refractivity contribution in [2.75, 3.05) is 19.6 Å². The summed E-state index contributed by atoms with van der Waals surface area (Å²) in [5, 5.41) is 3.14. The lowest BCUT2D eigenvalue weighted by Gasteiger charge is -2.40. The molecule has 1 saturated heterocycles. The van der Waals surface area contributed by atoms with Gasteiger partial charge in [0.2, 0.25) is 5.91 Å². The molecule has 1 amide bonds. The molecule has 0 bridgehead atoms. The molecule has 0 aromatic carbocycles. The van der Waals surface area contributed by atoms with E-state index < -0.39 is 0 Å². The van der Waals surface area contributed by atoms with Gasteiger partial charge in [0.25, 0.3) is 0 Å². The topological polar surface area (TPSA) is 32.3 Å².